The predicted molar refractivity (Wildman–Crippen MR) is 92.5 cm³/mol. The van der Waals surface area contributed by atoms with Crippen molar-refractivity contribution in [3.63, 3.8) is 0 Å². The van der Waals surface area contributed by atoms with Gasteiger partial charge in [0.1, 0.15) is 5.84 Å². The molecule has 1 aliphatic rings. The number of rotatable bonds is 4. The quantitative estimate of drug-likeness (QED) is 0.801. The second-order valence-electron chi connectivity index (χ2n) is 4.99. The van der Waals surface area contributed by atoms with E-state index in [1.807, 2.05) is 60.7 Å². The second-order valence-corrected chi connectivity index (χ2v) is 6.26. The fourth-order valence-electron chi connectivity index (χ4n) is 2.29. The Balaban J connectivity index is 2.05. The van der Waals surface area contributed by atoms with Crippen LogP contribution < -0.4 is 16.8 Å². The number of hydrogen-bond acceptors (Lipinski definition) is 5. The number of carbonyl (C=O) groups is 1. The van der Waals surface area contributed by atoms with Crippen LogP contribution in [0.5, 0.6) is 0 Å². The Bertz CT molecular complexity index is 774. The highest BCUT2D eigenvalue weighted by Crippen LogP contribution is 2.42. The molecule has 1 aliphatic heterocycles. The summed E-state index contributed by atoms with van der Waals surface area (Å²) in [7, 11) is 0. The average molecular weight is 324 g/mol. The molecule has 0 aliphatic carbocycles. The molecule has 2 aromatic rings. The molecule has 0 spiro atoms. The van der Waals surface area contributed by atoms with E-state index in [0.717, 1.165) is 10.5 Å². The van der Waals surface area contributed by atoms with Gasteiger partial charge in [0.15, 0.2) is 0 Å². The molecule has 2 aromatic carbocycles. The summed E-state index contributed by atoms with van der Waals surface area (Å²) in [6.45, 7) is 0. The summed E-state index contributed by atoms with van der Waals surface area (Å²) in [5.41, 5.74) is 12.4. The first kappa shape index (κ1) is 15.2. The van der Waals surface area contributed by atoms with E-state index in [9.17, 15) is 4.79 Å². The van der Waals surface area contributed by atoms with Crippen molar-refractivity contribution < 1.29 is 4.79 Å². The van der Waals surface area contributed by atoms with Crippen molar-refractivity contribution in [2.45, 2.75) is 9.89 Å². The lowest BCUT2D eigenvalue weighted by molar-refractivity contribution is -0.114. The van der Waals surface area contributed by atoms with Gasteiger partial charge in [-0.05, 0) is 12.1 Å². The lowest BCUT2D eigenvalue weighted by atomic mass is 10.1. The Morgan fingerprint density at radius 3 is 2.22 bits per heavy atom. The summed E-state index contributed by atoms with van der Waals surface area (Å²) in [4.78, 5) is 16.2. The number of nitrogens with two attached hydrogens (primary N) is 2. The zero-order valence-electron chi connectivity index (χ0n) is 12.3. The van der Waals surface area contributed by atoms with Crippen LogP contribution in [-0.4, -0.2) is 11.7 Å². The SMILES string of the molecule is NC(=O)C1=CNC(Sc2ccccc2)(c2ccccc2)N=C1N. The molecule has 1 heterocycles. The third-order valence-electron chi connectivity index (χ3n) is 3.41. The molecular weight excluding hydrogens is 308 g/mol. The van der Waals surface area contributed by atoms with E-state index in [1.54, 1.807) is 0 Å². The van der Waals surface area contributed by atoms with Gasteiger partial charge in [0.25, 0.3) is 5.91 Å². The van der Waals surface area contributed by atoms with Gasteiger partial charge in [0.05, 0.1) is 5.57 Å². The fourth-order valence-corrected chi connectivity index (χ4v) is 3.44. The summed E-state index contributed by atoms with van der Waals surface area (Å²) in [6, 6.07) is 19.6. The Kier molecular flexibility index (Phi) is 4.08. The molecule has 3 rings (SSSR count). The van der Waals surface area contributed by atoms with Gasteiger partial charge in [-0.25, -0.2) is 4.99 Å². The highest BCUT2D eigenvalue weighted by Gasteiger charge is 2.36. The van der Waals surface area contributed by atoms with Crippen molar-refractivity contribution in [3.8, 4) is 0 Å². The molecule has 1 atom stereocenters. The molecule has 23 heavy (non-hydrogen) atoms. The number of nitrogens with one attached hydrogen (secondary N) is 1. The molecule has 5 nitrogen and oxygen atoms in total. The monoisotopic (exact) mass is 324 g/mol. The maximum Gasteiger partial charge on any atom is 0.253 e. The minimum atomic E-state index is -0.842. The summed E-state index contributed by atoms with van der Waals surface area (Å²) in [5.74, 6) is -0.478. The molecule has 0 bridgehead atoms. The van der Waals surface area contributed by atoms with Gasteiger partial charge in [-0.2, -0.15) is 0 Å². The molecule has 0 saturated heterocycles. The number of hydrogen-bond donors (Lipinski definition) is 3. The Labute approximate surface area is 138 Å². The average Bonchev–Trinajstić information content (AvgIpc) is 2.56. The highest BCUT2D eigenvalue weighted by atomic mass is 32.2. The standard InChI is InChI=1S/C17H16N4OS/c18-15-14(16(19)22)11-20-17(21-15,12-7-3-1-4-8-12)23-13-9-5-2-6-10-13/h1-11,20H,(H2,18,21)(H2,19,22). The van der Waals surface area contributed by atoms with Crippen LogP contribution in [0.15, 0.2) is 82.3 Å². The number of thioether (sulfide) groups is 1. The van der Waals surface area contributed by atoms with Crippen LogP contribution in [0.1, 0.15) is 5.56 Å². The number of benzene rings is 2. The Hall–Kier alpha value is -2.73. The first-order chi connectivity index (χ1) is 11.1. The fraction of sp³-hybridized carbons (Fsp3) is 0.0588. The molecule has 0 aromatic heterocycles. The third-order valence-corrected chi connectivity index (χ3v) is 4.65. The van der Waals surface area contributed by atoms with Gasteiger partial charge < -0.3 is 16.8 Å². The first-order valence-electron chi connectivity index (χ1n) is 7.04. The lowest BCUT2D eigenvalue weighted by Crippen LogP contribution is -2.43. The summed E-state index contributed by atoms with van der Waals surface area (Å²) < 4.78 is 0. The number of amides is 1. The topological polar surface area (TPSA) is 93.5 Å². The van der Waals surface area contributed by atoms with Crippen LogP contribution >= 0.6 is 11.8 Å². The highest BCUT2D eigenvalue weighted by molar-refractivity contribution is 8.00. The van der Waals surface area contributed by atoms with Crippen molar-refractivity contribution in [1.82, 2.24) is 5.32 Å². The van der Waals surface area contributed by atoms with E-state index < -0.39 is 10.9 Å². The van der Waals surface area contributed by atoms with Crippen LogP contribution in [0.3, 0.4) is 0 Å². The Morgan fingerprint density at radius 2 is 1.65 bits per heavy atom. The molecule has 1 amide bonds. The number of primary amides is 1. The predicted octanol–water partition coefficient (Wildman–Crippen LogP) is 1.92. The van der Waals surface area contributed by atoms with Crippen LogP contribution in [0.2, 0.25) is 0 Å². The van der Waals surface area contributed by atoms with Crippen molar-refractivity contribution >= 4 is 23.5 Å². The summed E-state index contributed by atoms with van der Waals surface area (Å²) in [5, 5.41) is 3.19. The van der Waals surface area contributed by atoms with E-state index in [1.165, 1.54) is 18.0 Å². The van der Waals surface area contributed by atoms with Gasteiger partial charge in [-0.1, -0.05) is 60.3 Å². The minimum absolute atomic E-state index is 0.128. The van der Waals surface area contributed by atoms with Crippen molar-refractivity contribution in [1.29, 1.82) is 0 Å². The zero-order chi connectivity index (χ0) is 16.3. The van der Waals surface area contributed by atoms with Gasteiger partial charge in [-0.15, -0.1) is 0 Å². The molecule has 6 heteroatoms. The molecule has 0 fully saturated rings. The molecule has 0 radical (unpaired) electrons. The van der Waals surface area contributed by atoms with E-state index >= 15 is 0 Å². The largest absolute Gasteiger partial charge is 0.383 e. The zero-order valence-corrected chi connectivity index (χ0v) is 13.1. The molecular formula is C17H16N4OS. The number of carbonyl (C=O) groups excluding carboxylic acids is 1. The normalized spacial score (nSPS) is 20.2. The number of nitrogens with zero attached hydrogens (tertiary/aromatic N) is 1. The number of aliphatic imine (C=N–C) groups is 1. The smallest absolute Gasteiger partial charge is 0.253 e. The van der Waals surface area contributed by atoms with Gasteiger partial charge in [-0.3, -0.25) is 4.79 Å². The molecule has 1 unspecified atom stereocenters. The van der Waals surface area contributed by atoms with E-state index in [-0.39, 0.29) is 11.4 Å². The Morgan fingerprint density at radius 1 is 1.04 bits per heavy atom. The van der Waals surface area contributed by atoms with Crippen LogP contribution in [0, 0.1) is 0 Å². The van der Waals surface area contributed by atoms with Crippen molar-refractivity contribution in [3.05, 3.63) is 78.0 Å². The minimum Gasteiger partial charge on any atom is -0.383 e. The number of amidine groups is 1. The lowest BCUT2D eigenvalue weighted by Gasteiger charge is -2.33. The second kappa shape index (κ2) is 6.18. The third kappa shape index (κ3) is 3.07. The van der Waals surface area contributed by atoms with E-state index in [0.29, 0.717) is 0 Å². The van der Waals surface area contributed by atoms with Gasteiger partial charge in [0.2, 0.25) is 4.99 Å². The first-order valence-corrected chi connectivity index (χ1v) is 7.85. The van der Waals surface area contributed by atoms with Crippen LogP contribution in [0.25, 0.3) is 0 Å². The summed E-state index contributed by atoms with van der Waals surface area (Å²) >= 11 is 1.51. The molecule has 5 N–H and O–H groups in total. The van der Waals surface area contributed by atoms with Gasteiger partial charge >= 0.3 is 0 Å². The van der Waals surface area contributed by atoms with Crippen LogP contribution in [-0.2, 0) is 9.79 Å². The van der Waals surface area contributed by atoms with Gasteiger partial charge in [0, 0.05) is 16.7 Å². The summed E-state index contributed by atoms with van der Waals surface area (Å²) in [6.07, 6.45) is 1.54. The maximum atomic E-state index is 11.4. The van der Waals surface area contributed by atoms with E-state index in [2.05, 4.69) is 10.3 Å². The molecule has 0 saturated carbocycles. The van der Waals surface area contributed by atoms with E-state index in [4.69, 9.17) is 11.5 Å². The van der Waals surface area contributed by atoms with Crippen molar-refractivity contribution in [2.75, 3.05) is 0 Å². The molecule has 116 valence electrons. The maximum absolute atomic E-state index is 11.4. The van der Waals surface area contributed by atoms with Crippen molar-refractivity contribution in [2.24, 2.45) is 16.5 Å². The van der Waals surface area contributed by atoms with Crippen LogP contribution in [0.4, 0.5) is 0 Å².